The number of unbranched alkanes of at least 4 members (excludes halogenated alkanes) is 2. The Bertz CT molecular complexity index is 1370. The second-order valence-electron chi connectivity index (χ2n) is 8.57. The number of aryl methyl sites for hydroxylation is 1. The molecule has 0 spiro atoms. The van der Waals surface area contributed by atoms with Gasteiger partial charge in [-0.25, -0.2) is 19.0 Å². The monoisotopic (exact) mass is 494 g/mol. The van der Waals surface area contributed by atoms with Gasteiger partial charge in [0.15, 0.2) is 11.5 Å². The summed E-state index contributed by atoms with van der Waals surface area (Å²) in [6.07, 6.45) is 6.21. The number of para-hydroxylation sites is 1. The van der Waals surface area contributed by atoms with Gasteiger partial charge in [0.2, 0.25) is 0 Å². The smallest absolute Gasteiger partial charge is 0.328 e. The zero-order valence-corrected chi connectivity index (χ0v) is 19.7. The Hall–Kier alpha value is -3.98. The third kappa shape index (κ3) is 6.57. The molecule has 1 aliphatic heterocycles. The Morgan fingerprint density at radius 3 is 2.56 bits per heavy atom. The lowest BCUT2D eigenvalue weighted by molar-refractivity contribution is -0.134. The van der Waals surface area contributed by atoms with Gasteiger partial charge in [0, 0.05) is 55.1 Å². The van der Waals surface area contributed by atoms with Crippen LogP contribution < -0.4 is 0 Å². The van der Waals surface area contributed by atoms with Crippen molar-refractivity contribution >= 4 is 34.0 Å². The molecule has 0 unspecified atom stereocenters. The quantitative estimate of drug-likeness (QED) is 0.254. The molecular formula is C27H27FN2O6. The van der Waals surface area contributed by atoms with Crippen molar-refractivity contribution in [1.29, 1.82) is 0 Å². The summed E-state index contributed by atoms with van der Waals surface area (Å²) in [6, 6.07) is 12.8. The zero-order chi connectivity index (χ0) is 25.5. The lowest BCUT2D eigenvalue weighted by atomic mass is 10.0. The van der Waals surface area contributed by atoms with Crippen LogP contribution in [0.25, 0.3) is 22.1 Å². The van der Waals surface area contributed by atoms with E-state index in [9.17, 15) is 14.0 Å². The van der Waals surface area contributed by atoms with Gasteiger partial charge in [0.1, 0.15) is 22.7 Å². The summed E-state index contributed by atoms with van der Waals surface area (Å²) in [5, 5.41) is 16.9. The van der Waals surface area contributed by atoms with Crippen molar-refractivity contribution in [1.82, 2.24) is 9.88 Å². The number of hydrogen-bond acceptors (Lipinski definition) is 6. The van der Waals surface area contributed by atoms with E-state index in [-0.39, 0.29) is 5.82 Å². The first-order valence-corrected chi connectivity index (χ1v) is 11.8. The van der Waals surface area contributed by atoms with Crippen molar-refractivity contribution < 1.29 is 33.0 Å². The SMILES string of the molecule is Fc1ccc2nc(CCCCCN3CCc4oc5ccccc5c4C3)oc2c1.O=C(O)/C=C/C(=O)O. The topological polar surface area (TPSA) is 117 Å². The average Bonchev–Trinajstić information content (AvgIpc) is 3.43. The third-order valence-corrected chi connectivity index (χ3v) is 5.95. The summed E-state index contributed by atoms with van der Waals surface area (Å²) >= 11 is 0. The van der Waals surface area contributed by atoms with Crippen LogP contribution in [0.4, 0.5) is 4.39 Å². The Balaban J connectivity index is 0.000000331. The molecule has 2 aromatic carbocycles. The Kier molecular flexibility index (Phi) is 8.12. The number of hydrogen-bond donors (Lipinski definition) is 2. The lowest BCUT2D eigenvalue weighted by Crippen LogP contribution is -2.30. The second-order valence-corrected chi connectivity index (χ2v) is 8.57. The fourth-order valence-corrected chi connectivity index (χ4v) is 4.26. The molecule has 8 nitrogen and oxygen atoms in total. The van der Waals surface area contributed by atoms with Crippen molar-refractivity contribution in [2.75, 3.05) is 13.1 Å². The molecule has 5 rings (SSSR count). The number of furan rings is 1. The number of carboxylic acids is 2. The van der Waals surface area contributed by atoms with Crippen molar-refractivity contribution in [3.8, 4) is 0 Å². The van der Waals surface area contributed by atoms with E-state index in [1.165, 1.54) is 23.1 Å². The van der Waals surface area contributed by atoms with Crippen LogP contribution in [0.5, 0.6) is 0 Å². The minimum atomic E-state index is -1.26. The highest BCUT2D eigenvalue weighted by Gasteiger charge is 2.21. The Labute approximate surface area is 206 Å². The van der Waals surface area contributed by atoms with Crippen molar-refractivity contribution in [2.45, 2.75) is 38.6 Å². The molecule has 0 fully saturated rings. The largest absolute Gasteiger partial charge is 0.478 e. The molecule has 0 aliphatic carbocycles. The minimum absolute atomic E-state index is 0.287. The highest BCUT2D eigenvalue weighted by atomic mass is 19.1. The van der Waals surface area contributed by atoms with Gasteiger partial charge in [-0.05, 0) is 37.6 Å². The first kappa shape index (κ1) is 25.1. The maximum absolute atomic E-state index is 13.2. The summed E-state index contributed by atoms with van der Waals surface area (Å²) in [6.45, 7) is 3.13. The van der Waals surface area contributed by atoms with Crippen LogP contribution in [0.15, 0.2) is 63.5 Å². The molecule has 1 aliphatic rings. The molecule has 0 atom stereocenters. The van der Waals surface area contributed by atoms with Crippen LogP contribution in [0.2, 0.25) is 0 Å². The van der Waals surface area contributed by atoms with Gasteiger partial charge in [-0.3, -0.25) is 4.90 Å². The average molecular weight is 495 g/mol. The molecule has 0 saturated carbocycles. The maximum Gasteiger partial charge on any atom is 0.328 e. The van der Waals surface area contributed by atoms with E-state index in [1.807, 2.05) is 6.07 Å². The molecule has 0 bridgehead atoms. The normalized spacial score (nSPS) is 13.6. The Morgan fingerprint density at radius 2 is 1.78 bits per heavy atom. The summed E-state index contributed by atoms with van der Waals surface area (Å²) in [5.74, 6) is -0.942. The van der Waals surface area contributed by atoms with Crippen molar-refractivity contribution in [3.05, 3.63) is 77.6 Å². The van der Waals surface area contributed by atoms with E-state index in [0.717, 1.165) is 68.6 Å². The summed E-state index contributed by atoms with van der Waals surface area (Å²) in [4.78, 5) is 26.1. The molecule has 3 heterocycles. The van der Waals surface area contributed by atoms with Crippen LogP contribution >= 0.6 is 0 Å². The van der Waals surface area contributed by atoms with Crippen LogP contribution in [-0.4, -0.2) is 45.1 Å². The number of aliphatic carboxylic acids is 2. The number of carbonyl (C=O) groups is 2. The van der Waals surface area contributed by atoms with Gasteiger partial charge >= 0.3 is 11.9 Å². The van der Waals surface area contributed by atoms with Gasteiger partial charge in [0.05, 0.1) is 0 Å². The van der Waals surface area contributed by atoms with Crippen LogP contribution in [-0.2, 0) is 29.0 Å². The van der Waals surface area contributed by atoms with Crippen LogP contribution in [0.1, 0.15) is 36.5 Å². The maximum atomic E-state index is 13.2. The molecule has 4 aromatic rings. The predicted octanol–water partition coefficient (Wildman–Crippen LogP) is 5.20. The first-order valence-electron chi connectivity index (χ1n) is 11.8. The zero-order valence-electron chi connectivity index (χ0n) is 19.7. The molecule has 0 radical (unpaired) electrons. The van der Waals surface area contributed by atoms with E-state index in [1.54, 1.807) is 6.07 Å². The number of rotatable bonds is 8. The number of nitrogens with zero attached hydrogens (tertiary/aromatic N) is 2. The lowest BCUT2D eigenvalue weighted by Gasteiger charge is -2.26. The molecule has 36 heavy (non-hydrogen) atoms. The van der Waals surface area contributed by atoms with Gasteiger partial charge < -0.3 is 19.0 Å². The molecule has 0 amide bonds. The van der Waals surface area contributed by atoms with Gasteiger partial charge in [-0.15, -0.1) is 0 Å². The molecule has 9 heteroatoms. The second kappa shape index (κ2) is 11.6. The number of halogens is 1. The number of oxazole rings is 1. The minimum Gasteiger partial charge on any atom is -0.478 e. The third-order valence-electron chi connectivity index (χ3n) is 5.95. The van der Waals surface area contributed by atoms with Gasteiger partial charge in [0.25, 0.3) is 0 Å². The van der Waals surface area contributed by atoms with Crippen molar-refractivity contribution in [2.24, 2.45) is 0 Å². The van der Waals surface area contributed by atoms with E-state index >= 15 is 0 Å². The number of fused-ring (bicyclic) bond motifs is 4. The van der Waals surface area contributed by atoms with Gasteiger partial charge in [-0.1, -0.05) is 24.6 Å². The summed E-state index contributed by atoms with van der Waals surface area (Å²) in [5.41, 5.74) is 3.63. The fourth-order valence-electron chi connectivity index (χ4n) is 4.26. The first-order chi connectivity index (χ1) is 17.4. The van der Waals surface area contributed by atoms with Crippen LogP contribution in [0.3, 0.4) is 0 Å². The molecule has 0 saturated heterocycles. The van der Waals surface area contributed by atoms with Crippen molar-refractivity contribution in [3.63, 3.8) is 0 Å². The molecule has 2 N–H and O–H groups in total. The van der Waals surface area contributed by atoms with E-state index in [2.05, 4.69) is 28.1 Å². The number of benzene rings is 2. The number of carboxylic acid groups (broad SMARTS) is 2. The molecular weight excluding hydrogens is 467 g/mol. The predicted molar refractivity (Wildman–Crippen MR) is 131 cm³/mol. The Morgan fingerprint density at radius 1 is 1.00 bits per heavy atom. The molecule has 188 valence electrons. The van der Waals surface area contributed by atoms with E-state index < -0.39 is 11.9 Å². The highest BCUT2D eigenvalue weighted by molar-refractivity contribution is 5.89. The standard InChI is InChI=1S/C23H23FN2O2.C4H4O4/c24-16-9-10-19-22(14-16)28-23(25-19)8-2-1-5-12-26-13-11-21-18(15-26)17-6-3-4-7-20(17)27-21;5-3(6)1-2-4(7)8/h3-4,6-7,9-10,14H,1-2,5,8,11-13,15H2;1-2H,(H,5,6)(H,7,8)/b;2-1+. The van der Waals surface area contributed by atoms with E-state index in [4.69, 9.17) is 19.0 Å². The highest BCUT2D eigenvalue weighted by Crippen LogP contribution is 2.30. The fraction of sp³-hybridized carbons (Fsp3) is 0.296. The molecule has 2 aromatic heterocycles. The van der Waals surface area contributed by atoms with E-state index in [0.29, 0.717) is 23.6 Å². The van der Waals surface area contributed by atoms with Gasteiger partial charge in [-0.2, -0.15) is 0 Å². The number of aromatic nitrogens is 1. The summed E-state index contributed by atoms with van der Waals surface area (Å²) < 4.78 is 24.9. The summed E-state index contributed by atoms with van der Waals surface area (Å²) in [7, 11) is 0. The van der Waals surface area contributed by atoms with Crippen LogP contribution in [0, 0.1) is 5.82 Å².